The summed E-state index contributed by atoms with van der Waals surface area (Å²) in [7, 11) is -3.62. The van der Waals surface area contributed by atoms with E-state index in [4.69, 9.17) is 0 Å². The van der Waals surface area contributed by atoms with Gasteiger partial charge in [0.05, 0.1) is 11.9 Å². The average Bonchev–Trinajstić information content (AvgIpc) is 2.77. The van der Waals surface area contributed by atoms with Crippen LogP contribution < -0.4 is 4.31 Å². The van der Waals surface area contributed by atoms with Gasteiger partial charge in [-0.2, -0.15) is 0 Å². The van der Waals surface area contributed by atoms with Crippen molar-refractivity contribution in [2.75, 3.05) is 43.3 Å². The first-order valence-corrected chi connectivity index (χ1v) is 12.2. The highest BCUT2D eigenvalue weighted by molar-refractivity contribution is 7.92. The maximum absolute atomic E-state index is 12.9. The lowest BCUT2D eigenvalue weighted by molar-refractivity contribution is -0.131. The number of piperazine rings is 1. The van der Waals surface area contributed by atoms with Gasteiger partial charge in [0.15, 0.2) is 0 Å². The Morgan fingerprint density at radius 2 is 1.52 bits per heavy atom. The van der Waals surface area contributed by atoms with Crippen molar-refractivity contribution in [2.24, 2.45) is 0 Å². The van der Waals surface area contributed by atoms with Gasteiger partial charge in [0, 0.05) is 31.7 Å². The molecule has 0 atom stereocenters. The van der Waals surface area contributed by atoms with E-state index in [0.29, 0.717) is 37.4 Å². The Morgan fingerprint density at radius 3 is 2.06 bits per heavy atom. The zero-order valence-electron chi connectivity index (χ0n) is 18.2. The van der Waals surface area contributed by atoms with Crippen LogP contribution in [0.1, 0.15) is 28.4 Å². The average molecular weight is 444 g/mol. The molecule has 2 aromatic rings. The molecule has 2 aromatic carbocycles. The van der Waals surface area contributed by atoms with E-state index in [-0.39, 0.29) is 18.4 Å². The monoisotopic (exact) mass is 443 g/mol. The lowest BCUT2D eigenvalue weighted by Gasteiger charge is -2.36. The fourth-order valence-electron chi connectivity index (χ4n) is 3.67. The minimum atomic E-state index is -3.62. The molecule has 0 N–H and O–H groups in total. The molecule has 1 saturated heterocycles. The predicted molar refractivity (Wildman–Crippen MR) is 122 cm³/mol. The Kier molecular flexibility index (Phi) is 7.00. The van der Waals surface area contributed by atoms with Crippen molar-refractivity contribution in [1.82, 2.24) is 9.80 Å². The highest BCUT2D eigenvalue weighted by atomic mass is 32.2. The number of carbonyl (C=O) groups excluding carboxylic acids is 2. The SMILES string of the molecule is CCc1ccc(C(=O)N2CCN(C(=O)CN(c3ccccc3C)S(C)(=O)=O)CC2)cc1. The van der Waals surface area contributed by atoms with Crippen molar-refractivity contribution in [3.63, 3.8) is 0 Å². The molecule has 3 rings (SSSR count). The quantitative estimate of drug-likeness (QED) is 0.686. The maximum atomic E-state index is 12.9. The van der Waals surface area contributed by atoms with Crippen molar-refractivity contribution in [3.05, 3.63) is 65.2 Å². The third-order valence-corrected chi connectivity index (χ3v) is 6.72. The number of rotatable bonds is 6. The smallest absolute Gasteiger partial charge is 0.253 e. The minimum Gasteiger partial charge on any atom is -0.338 e. The number of nitrogens with zero attached hydrogens (tertiary/aromatic N) is 3. The van der Waals surface area contributed by atoms with Gasteiger partial charge in [-0.3, -0.25) is 13.9 Å². The fraction of sp³-hybridized carbons (Fsp3) is 0.391. The highest BCUT2D eigenvalue weighted by Gasteiger charge is 2.28. The Hall–Kier alpha value is -2.87. The second kappa shape index (κ2) is 9.51. The van der Waals surface area contributed by atoms with Gasteiger partial charge >= 0.3 is 0 Å². The van der Waals surface area contributed by atoms with Crippen LogP contribution in [0.15, 0.2) is 48.5 Å². The summed E-state index contributed by atoms with van der Waals surface area (Å²) in [6.07, 6.45) is 2.02. The summed E-state index contributed by atoms with van der Waals surface area (Å²) in [5.41, 5.74) is 3.10. The zero-order valence-corrected chi connectivity index (χ0v) is 19.1. The fourth-order valence-corrected chi connectivity index (χ4v) is 4.58. The van der Waals surface area contributed by atoms with Gasteiger partial charge in [-0.1, -0.05) is 37.3 Å². The number of anilines is 1. The summed E-state index contributed by atoms with van der Waals surface area (Å²) in [6.45, 7) is 5.22. The largest absolute Gasteiger partial charge is 0.338 e. The van der Waals surface area contributed by atoms with Crippen LogP contribution in [0.25, 0.3) is 0 Å². The standard InChI is InChI=1S/C23H29N3O4S/c1-4-19-9-11-20(12-10-19)23(28)25-15-13-24(14-16-25)22(27)17-26(31(3,29)30)21-8-6-5-7-18(21)2/h5-12H,4,13-17H2,1-3H3. The van der Waals surface area contributed by atoms with Crippen LogP contribution >= 0.6 is 0 Å². The molecule has 0 saturated carbocycles. The summed E-state index contributed by atoms with van der Waals surface area (Å²) in [5, 5.41) is 0. The second-order valence-corrected chi connectivity index (χ2v) is 9.69. The number of hydrogen-bond acceptors (Lipinski definition) is 4. The van der Waals surface area contributed by atoms with E-state index in [1.807, 2.05) is 43.3 Å². The van der Waals surface area contributed by atoms with Gasteiger partial charge in [-0.05, 0) is 42.7 Å². The van der Waals surface area contributed by atoms with Gasteiger partial charge in [-0.15, -0.1) is 0 Å². The minimum absolute atomic E-state index is 0.0487. The Morgan fingerprint density at radius 1 is 0.935 bits per heavy atom. The van der Waals surface area contributed by atoms with Crippen LogP contribution in [-0.4, -0.2) is 69.0 Å². The van der Waals surface area contributed by atoms with E-state index in [0.717, 1.165) is 22.5 Å². The van der Waals surface area contributed by atoms with Crippen molar-refractivity contribution >= 4 is 27.5 Å². The third-order valence-electron chi connectivity index (χ3n) is 5.59. The van der Waals surface area contributed by atoms with E-state index < -0.39 is 10.0 Å². The van der Waals surface area contributed by atoms with Crippen molar-refractivity contribution < 1.29 is 18.0 Å². The Bertz CT molecular complexity index is 1040. The molecule has 0 aromatic heterocycles. The van der Waals surface area contributed by atoms with Crippen LogP contribution in [0.5, 0.6) is 0 Å². The molecule has 2 amide bonds. The first-order chi connectivity index (χ1) is 14.7. The second-order valence-electron chi connectivity index (χ2n) is 7.78. The number of hydrogen-bond donors (Lipinski definition) is 0. The maximum Gasteiger partial charge on any atom is 0.253 e. The van der Waals surface area contributed by atoms with E-state index in [9.17, 15) is 18.0 Å². The van der Waals surface area contributed by atoms with Crippen LogP contribution in [-0.2, 0) is 21.2 Å². The molecule has 166 valence electrons. The molecule has 1 aliphatic rings. The molecule has 31 heavy (non-hydrogen) atoms. The van der Waals surface area contributed by atoms with Gasteiger partial charge in [0.1, 0.15) is 6.54 Å². The number of amides is 2. The van der Waals surface area contributed by atoms with E-state index in [1.54, 1.807) is 21.9 Å². The summed E-state index contributed by atoms with van der Waals surface area (Å²) < 4.78 is 25.8. The predicted octanol–water partition coefficient (Wildman–Crippen LogP) is 2.31. The normalized spacial score (nSPS) is 14.4. The first kappa shape index (κ1) is 22.8. The topological polar surface area (TPSA) is 78.0 Å². The number of benzene rings is 2. The number of aryl methyl sites for hydroxylation is 2. The van der Waals surface area contributed by atoms with E-state index in [2.05, 4.69) is 6.92 Å². The van der Waals surface area contributed by atoms with Crippen molar-refractivity contribution in [2.45, 2.75) is 20.3 Å². The van der Waals surface area contributed by atoms with E-state index in [1.165, 1.54) is 5.56 Å². The highest BCUT2D eigenvalue weighted by Crippen LogP contribution is 2.22. The van der Waals surface area contributed by atoms with Crippen LogP contribution in [0, 0.1) is 6.92 Å². The number of para-hydroxylation sites is 1. The molecule has 7 nitrogen and oxygen atoms in total. The number of sulfonamides is 1. The number of carbonyl (C=O) groups is 2. The summed E-state index contributed by atoms with van der Waals surface area (Å²) >= 11 is 0. The summed E-state index contributed by atoms with van der Waals surface area (Å²) in [6, 6.07) is 14.7. The van der Waals surface area contributed by atoms with Crippen LogP contribution in [0.4, 0.5) is 5.69 Å². The Balaban J connectivity index is 1.63. The van der Waals surface area contributed by atoms with Gasteiger partial charge in [0.2, 0.25) is 15.9 Å². The molecule has 0 bridgehead atoms. The molecule has 1 aliphatic heterocycles. The van der Waals surface area contributed by atoms with Gasteiger partial charge < -0.3 is 9.80 Å². The lowest BCUT2D eigenvalue weighted by Crippen LogP contribution is -2.53. The van der Waals surface area contributed by atoms with Gasteiger partial charge in [0.25, 0.3) is 5.91 Å². The molecule has 0 aliphatic carbocycles. The summed E-state index contributed by atoms with van der Waals surface area (Å²) in [5.74, 6) is -0.319. The van der Waals surface area contributed by atoms with E-state index >= 15 is 0 Å². The molecular weight excluding hydrogens is 414 g/mol. The molecule has 8 heteroatoms. The van der Waals surface area contributed by atoms with Crippen molar-refractivity contribution in [3.8, 4) is 0 Å². The lowest BCUT2D eigenvalue weighted by atomic mass is 10.1. The molecule has 1 fully saturated rings. The zero-order chi connectivity index (χ0) is 22.6. The van der Waals surface area contributed by atoms with Gasteiger partial charge in [-0.25, -0.2) is 8.42 Å². The molecule has 0 unspecified atom stereocenters. The molecule has 0 radical (unpaired) electrons. The first-order valence-electron chi connectivity index (χ1n) is 10.4. The van der Waals surface area contributed by atoms with Crippen LogP contribution in [0.3, 0.4) is 0 Å². The molecular formula is C23H29N3O4S. The third kappa shape index (κ3) is 5.44. The summed E-state index contributed by atoms with van der Waals surface area (Å²) in [4.78, 5) is 29.0. The molecule has 0 spiro atoms. The van der Waals surface area contributed by atoms with Crippen molar-refractivity contribution in [1.29, 1.82) is 0 Å². The Labute approximate surface area is 184 Å². The molecule has 1 heterocycles. The van der Waals surface area contributed by atoms with Crippen LogP contribution in [0.2, 0.25) is 0 Å².